The third-order valence-electron chi connectivity index (χ3n) is 5.68. The maximum absolute atomic E-state index is 12.8. The van der Waals surface area contributed by atoms with Gasteiger partial charge in [0.2, 0.25) is 5.91 Å². The summed E-state index contributed by atoms with van der Waals surface area (Å²) in [4.78, 5) is 31.8. The van der Waals surface area contributed by atoms with Crippen LogP contribution in [-0.2, 0) is 4.79 Å². The van der Waals surface area contributed by atoms with Gasteiger partial charge in [-0.3, -0.25) is 14.5 Å². The summed E-state index contributed by atoms with van der Waals surface area (Å²) in [5.41, 5.74) is 7.59. The second kappa shape index (κ2) is 8.43. The fourth-order valence-corrected chi connectivity index (χ4v) is 4.79. The topological polar surface area (TPSA) is 69.9 Å². The monoisotopic (exact) mass is 398 g/mol. The lowest BCUT2D eigenvalue weighted by Crippen LogP contribution is -2.52. The number of carbonyl (C=O) groups excluding carboxylic acids is 2. The van der Waals surface area contributed by atoms with Crippen LogP contribution >= 0.6 is 11.3 Å². The van der Waals surface area contributed by atoms with Gasteiger partial charge in [-0.25, -0.2) is 0 Å². The van der Waals surface area contributed by atoms with E-state index in [0.717, 1.165) is 18.0 Å². The number of benzene rings is 1. The molecular formula is C21H26N4O2S. The smallest absolute Gasteiger partial charge is 0.264 e. The molecule has 2 aliphatic heterocycles. The van der Waals surface area contributed by atoms with Crippen LogP contribution in [0.1, 0.15) is 21.2 Å². The number of hydrogen-bond acceptors (Lipinski definition) is 5. The predicted octanol–water partition coefficient (Wildman–Crippen LogP) is 1.46. The molecule has 3 heterocycles. The Kier molecular flexibility index (Phi) is 5.75. The third kappa shape index (κ3) is 4.11. The van der Waals surface area contributed by atoms with E-state index in [9.17, 15) is 9.59 Å². The number of rotatable bonds is 4. The number of thiophene rings is 1. The summed E-state index contributed by atoms with van der Waals surface area (Å²) in [7, 11) is 0. The Balaban J connectivity index is 1.28. The van der Waals surface area contributed by atoms with E-state index in [1.54, 1.807) is 0 Å². The third-order valence-corrected chi connectivity index (χ3v) is 6.54. The van der Waals surface area contributed by atoms with Crippen molar-refractivity contribution in [1.82, 2.24) is 14.7 Å². The van der Waals surface area contributed by atoms with Crippen LogP contribution in [0.2, 0.25) is 0 Å². The van der Waals surface area contributed by atoms with Gasteiger partial charge in [-0.1, -0.05) is 36.4 Å². The molecule has 148 valence electrons. The van der Waals surface area contributed by atoms with Crippen molar-refractivity contribution in [2.45, 2.75) is 12.0 Å². The van der Waals surface area contributed by atoms with Crippen molar-refractivity contribution < 1.29 is 9.59 Å². The summed E-state index contributed by atoms with van der Waals surface area (Å²) in [5, 5.41) is 1.91. The van der Waals surface area contributed by atoms with Crippen LogP contribution in [0.4, 0.5) is 0 Å². The van der Waals surface area contributed by atoms with E-state index in [1.165, 1.54) is 16.9 Å². The van der Waals surface area contributed by atoms with Crippen molar-refractivity contribution in [3.05, 3.63) is 58.3 Å². The summed E-state index contributed by atoms with van der Waals surface area (Å²) in [6.45, 7) is 4.32. The van der Waals surface area contributed by atoms with Crippen molar-refractivity contribution in [1.29, 1.82) is 0 Å². The van der Waals surface area contributed by atoms with E-state index < -0.39 is 0 Å². The number of hydrogen-bond donors (Lipinski definition) is 1. The molecule has 2 amide bonds. The Morgan fingerprint density at radius 2 is 1.68 bits per heavy atom. The van der Waals surface area contributed by atoms with Gasteiger partial charge in [0.05, 0.1) is 11.4 Å². The Bertz CT molecular complexity index is 803. The lowest BCUT2D eigenvalue weighted by Gasteiger charge is -2.35. The minimum atomic E-state index is 0.0514. The van der Waals surface area contributed by atoms with Crippen molar-refractivity contribution >= 4 is 23.2 Å². The quantitative estimate of drug-likeness (QED) is 0.847. The fourth-order valence-electron chi connectivity index (χ4n) is 4.10. The number of nitrogens with two attached hydrogens (primary N) is 1. The van der Waals surface area contributed by atoms with Crippen LogP contribution in [0.3, 0.4) is 0 Å². The van der Waals surface area contributed by atoms with Crippen LogP contribution in [-0.4, -0.2) is 78.4 Å². The highest BCUT2D eigenvalue weighted by Gasteiger charge is 2.33. The number of likely N-dealkylation sites (tertiary alicyclic amines) is 1. The van der Waals surface area contributed by atoms with E-state index in [-0.39, 0.29) is 23.8 Å². The first-order valence-corrected chi connectivity index (χ1v) is 10.6. The molecule has 2 N–H and O–H groups in total. The average molecular weight is 399 g/mol. The lowest BCUT2D eigenvalue weighted by molar-refractivity contribution is -0.133. The Morgan fingerprint density at radius 3 is 2.36 bits per heavy atom. The first-order valence-electron chi connectivity index (χ1n) is 9.75. The van der Waals surface area contributed by atoms with Crippen molar-refractivity contribution in [3.63, 3.8) is 0 Å². The van der Waals surface area contributed by atoms with Crippen LogP contribution in [0.15, 0.2) is 47.8 Å². The Morgan fingerprint density at radius 1 is 0.964 bits per heavy atom. The Hall–Kier alpha value is -2.22. The predicted molar refractivity (Wildman–Crippen MR) is 110 cm³/mol. The van der Waals surface area contributed by atoms with Gasteiger partial charge in [0.15, 0.2) is 0 Å². The van der Waals surface area contributed by atoms with Gasteiger partial charge in [-0.2, -0.15) is 0 Å². The summed E-state index contributed by atoms with van der Waals surface area (Å²) in [6, 6.07) is 14.1. The molecule has 2 aliphatic rings. The molecule has 0 spiro atoms. The number of nitrogens with zero attached hydrogens (tertiary/aromatic N) is 3. The molecular weight excluding hydrogens is 372 g/mol. The average Bonchev–Trinajstić information content (AvgIpc) is 3.38. The molecule has 2 saturated heterocycles. The summed E-state index contributed by atoms with van der Waals surface area (Å²) < 4.78 is 0. The van der Waals surface area contributed by atoms with Gasteiger partial charge >= 0.3 is 0 Å². The van der Waals surface area contributed by atoms with Crippen molar-refractivity contribution in [2.75, 3.05) is 45.8 Å². The fraction of sp³-hybridized carbons (Fsp3) is 0.429. The molecule has 6 nitrogen and oxygen atoms in total. The van der Waals surface area contributed by atoms with E-state index in [2.05, 4.69) is 17.0 Å². The summed E-state index contributed by atoms with van der Waals surface area (Å²) >= 11 is 1.46. The van der Waals surface area contributed by atoms with Crippen LogP contribution in [0, 0.1) is 0 Å². The number of piperazine rings is 1. The van der Waals surface area contributed by atoms with Gasteiger partial charge in [-0.05, 0) is 17.0 Å². The van der Waals surface area contributed by atoms with E-state index >= 15 is 0 Å². The van der Waals surface area contributed by atoms with Crippen molar-refractivity contribution in [3.8, 4) is 0 Å². The van der Waals surface area contributed by atoms with Crippen LogP contribution in [0.25, 0.3) is 0 Å². The second-order valence-electron chi connectivity index (χ2n) is 7.53. The minimum absolute atomic E-state index is 0.0514. The summed E-state index contributed by atoms with van der Waals surface area (Å²) in [6.07, 6.45) is 0. The molecule has 0 radical (unpaired) electrons. The highest BCUT2D eigenvalue weighted by molar-refractivity contribution is 7.12. The van der Waals surface area contributed by atoms with E-state index in [4.69, 9.17) is 5.73 Å². The molecule has 0 unspecified atom stereocenters. The highest BCUT2D eigenvalue weighted by Crippen LogP contribution is 2.26. The summed E-state index contributed by atoms with van der Waals surface area (Å²) in [5.74, 6) is 0.469. The maximum Gasteiger partial charge on any atom is 0.264 e. The van der Waals surface area contributed by atoms with E-state index in [1.807, 2.05) is 45.5 Å². The van der Waals surface area contributed by atoms with Crippen LogP contribution in [0.5, 0.6) is 0 Å². The molecule has 7 heteroatoms. The van der Waals surface area contributed by atoms with Crippen LogP contribution < -0.4 is 5.73 Å². The zero-order chi connectivity index (χ0) is 19.5. The van der Waals surface area contributed by atoms with E-state index in [0.29, 0.717) is 32.7 Å². The second-order valence-corrected chi connectivity index (χ2v) is 8.47. The largest absolute Gasteiger partial charge is 0.338 e. The van der Waals surface area contributed by atoms with Gasteiger partial charge in [0, 0.05) is 51.2 Å². The molecule has 1 aromatic carbocycles. The first-order chi connectivity index (χ1) is 13.6. The maximum atomic E-state index is 12.8. The molecule has 1 aromatic heterocycles. The molecule has 2 fully saturated rings. The van der Waals surface area contributed by atoms with Gasteiger partial charge in [-0.15, -0.1) is 11.3 Å². The standard InChI is InChI=1S/C21H26N4O2S/c22-18-14-23(13-17(18)16-5-2-1-3-6-16)15-20(26)24-8-10-25(11-9-24)21(27)19-7-4-12-28-19/h1-7,12,17-18H,8-11,13-15,22H2/t17-,18+/m0/s1. The number of amides is 2. The molecule has 28 heavy (non-hydrogen) atoms. The highest BCUT2D eigenvalue weighted by atomic mass is 32.1. The normalized spacial score (nSPS) is 23.2. The molecule has 0 bridgehead atoms. The zero-order valence-corrected chi connectivity index (χ0v) is 16.7. The van der Waals surface area contributed by atoms with Gasteiger partial charge in [0.1, 0.15) is 0 Å². The molecule has 2 atom stereocenters. The SMILES string of the molecule is N[C@@H]1CN(CC(=O)N2CCN(C(=O)c3cccs3)CC2)C[C@H]1c1ccccc1. The number of carbonyl (C=O) groups is 2. The van der Waals surface area contributed by atoms with Crippen molar-refractivity contribution in [2.24, 2.45) is 5.73 Å². The zero-order valence-electron chi connectivity index (χ0n) is 15.9. The Labute approximate surface area is 169 Å². The molecule has 0 aliphatic carbocycles. The van der Waals surface area contributed by atoms with Gasteiger partial charge < -0.3 is 15.5 Å². The lowest BCUT2D eigenvalue weighted by atomic mass is 9.95. The first kappa shape index (κ1) is 19.1. The van der Waals surface area contributed by atoms with Gasteiger partial charge in [0.25, 0.3) is 5.91 Å². The minimum Gasteiger partial charge on any atom is -0.338 e. The molecule has 4 rings (SSSR count). The molecule has 2 aromatic rings. The molecule has 0 saturated carbocycles.